The van der Waals surface area contributed by atoms with Gasteiger partial charge in [0, 0.05) is 23.0 Å². The first kappa shape index (κ1) is 17.8. The molecule has 0 fully saturated rings. The molecular weight excluding hydrogens is 352 g/mol. The van der Waals surface area contributed by atoms with Gasteiger partial charge in [0.1, 0.15) is 0 Å². The molecule has 0 unspecified atom stereocenters. The summed E-state index contributed by atoms with van der Waals surface area (Å²) in [6.07, 6.45) is 8.51. The second kappa shape index (κ2) is 7.49. The highest BCUT2D eigenvalue weighted by molar-refractivity contribution is 6.30. The number of carbonyl (C=O) groups is 1. The molecule has 26 heavy (non-hydrogen) atoms. The first-order valence-corrected chi connectivity index (χ1v) is 8.41. The van der Waals surface area contributed by atoms with Crippen LogP contribution in [0, 0.1) is 0 Å². The molecule has 3 rings (SSSR count). The minimum absolute atomic E-state index is 0.0103. The van der Waals surface area contributed by atoms with E-state index in [9.17, 15) is 9.90 Å². The molecule has 6 nitrogen and oxygen atoms in total. The number of hydrogen-bond acceptors (Lipinski definition) is 4. The summed E-state index contributed by atoms with van der Waals surface area (Å²) in [5.74, 6) is -0.574. The Hall–Kier alpha value is -2.99. The van der Waals surface area contributed by atoms with Crippen LogP contribution in [-0.4, -0.2) is 30.8 Å². The molecule has 7 heteroatoms. The number of halogens is 1. The van der Waals surface area contributed by atoms with Crippen LogP contribution in [0.1, 0.15) is 47.2 Å². The second-order valence-corrected chi connectivity index (χ2v) is 6.45. The Kier molecular flexibility index (Phi) is 5.14. The van der Waals surface area contributed by atoms with Gasteiger partial charge >= 0.3 is 5.97 Å². The molecule has 0 bridgehead atoms. The van der Waals surface area contributed by atoms with E-state index in [1.807, 2.05) is 38.3 Å². The topological polar surface area (TPSA) is 80.9 Å². The fraction of sp³-hybridized carbons (Fsp3) is 0.158. The van der Waals surface area contributed by atoms with Crippen molar-refractivity contribution in [3.63, 3.8) is 0 Å². The predicted octanol–water partition coefficient (Wildman–Crippen LogP) is 4.31. The molecule has 0 spiro atoms. The Morgan fingerprint density at radius 1 is 1.19 bits per heavy atom. The van der Waals surface area contributed by atoms with Crippen molar-refractivity contribution in [2.24, 2.45) is 0 Å². The largest absolute Gasteiger partial charge is 0.478 e. The number of carboxylic acid groups (broad SMARTS) is 1. The van der Waals surface area contributed by atoms with Gasteiger partial charge in [0.25, 0.3) is 0 Å². The Morgan fingerprint density at radius 3 is 2.58 bits per heavy atom. The summed E-state index contributed by atoms with van der Waals surface area (Å²) < 4.78 is 1.74. The van der Waals surface area contributed by atoms with Crippen molar-refractivity contribution in [2.75, 3.05) is 0 Å². The van der Waals surface area contributed by atoms with Crippen LogP contribution in [-0.2, 0) is 0 Å². The Labute approximate surface area is 155 Å². The third kappa shape index (κ3) is 3.97. The highest BCUT2D eigenvalue weighted by atomic mass is 35.5. The molecule has 2 heterocycles. The van der Waals surface area contributed by atoms with Crippen LogP contribution in [0.3, 0.4) is 0 Å². The van der Waals surface area contributed by atoms with Crippen LogP contribution in [0.25, 0.3) is 17.8 Å². The second-order valence-electron chi connectivity index (χ2n) is 6.01. The van der Waals surface area contributed by atoms with Crippen molar-refractivity contribution in [1.29, 1.82) is 0 Å². The van der Waals surface area contributed by atoms with E-state index in [-0.39, 0.29) is 11.5 Å². The van der Waals surface area contributed by atoms with Gasteiger partial charge in [-0.15, -0.1) is 0 Å². The number of rotatable bonds is 5. The lowest BCUT2D eigenvalue weighted by Gasteiger charge is -2.08. The first-order chi connectivity index (χ1) is 12.4. The molecule has 2 aromatic heterocycles. The number of carboxylic acids is 1. The van der Waals surface area contributed by atoms with E-state index in [4.69, 9.17) is 11.6 Å². The van der Waals surface area contributed by atoms with E-state index in [1.54, 1.807) is 29.1 Å². The average Bonchev–Trinajstić information content (AvgIpc) is 3.09. The van der Waals surface area contributed by atoms with Crippen molar-refractivity contribution in [3.05, 3.63) is 70.5 Å². The Balaban J connectivity index is 1.83. The van der Waals surface area contributed by atoms with Crippen molar-refractivity contribution in [1.82, 2.24) is 19.7 Å². The van der Waals surface area contributed by atoms with Crippen molar-refractivity contribution in [3.8, 4) is 5.69 Å². The third-order valence-electron chi connectivity index (χ3n) is 3.73. The number of aromatic nitrogens is 4. The lowest BCUT2D eigenvalue weighted by Crippen LogP contribution is -2.08. The van der Waals surface area contributed by atoms with Gasteiger partial charge in [-0.2, -0.15) is 5.10 Å². The average molecular weight is 369 g/mol. The van der Waals surface area contributed by atoms with Crippen molar-refractivity contribution in [2.45, 2.75) is 19.8 Å². The van der Waals surface area contributed by atoms with Gasteiger partial charge in [-0.1, -0.05) is 25.4 Å². The van der Waals surface area contributed by atoms with Crippen LogP contribution in [0.15, 0.2) is 42.9 Å². The van der Waals surface area contributed by atoms with Gasteiger partial charge in [-0.05, 0) is 42.3 Å². The predicted molar refractivity (Wildman–Crippen MR) is 101 cm³/mol. The first-order valence-electron chi connectivity index (χ1n) is 8.03. The highest BCUT2D eigenvalue weighted by Gasteiger charge is 2.15. The van der Waals surface area contributed by atoms with E-state index in [0.29, 0.717) is 16.5 Å². The maximum atomic E-state index is 11.3. The fourth-order valence-electron chi connectivity index (χ4n) is 2.42. The molecule has 0 saturated carbocycles. The Bertz CT molecular complexity index is 962. The van der Waals surface area contributed by atoms with E-state index in [1.165, 1.54) is 6.20 Å². The monoisotopic (exact) mass is 368 g/mol. The highest BCUT2D eigenvalue weighted by Crippen LogP contribution is 2.18. The van der Waals surface area contributed by atoms with Crippen LogP contribution in [0.5, 0.6) is 0 Å². The van der Waals surface area contributed by atoms with E-state index in [2.05, 4.69) is 15.1 Å². The van der Waals surface area contributed by atoms with Crippen molar-refractivity contribution >= 4 is 29.7 Å². The molecule has 1 N–H and O–H groups in total. The van der Waals surface area contributed by atoms with Crippen LogP contribution in [0.4, 0.5) is 0 Å². The van der Waals surface area contributed by atoms with Gasteiger partial charge in [-0.25, -0.2) is 19.4 Å². The zero-order chi connectivity index (χ0) is 18.7. The quantitative estimate of drug-likeness (QED) is 0.725. The summed E-state index contributed by atoms with van der Waals surface area (Å²) in [5.41, 5.74) is 2.42. The lowest BCUT2D eigenvalue weighted by molar-refractivity contribution is 0.0694. The van der Waals surface area contributed by atoms with Gasteiger partial charge in [-0.3, -0.25) is 0 Å². The van der Waals surface area contributed by atoms with Crippen LogP contribution < -0.4 is 0 Å². The molecule has 132 valence electrons. The molecule has 0 amide bonds. The summed E-state index contributed by atoms with van der Waals surface area (Å²) in [4.78, 5) is 19.7. The van der Waals surface area contributed by atoms with Crippen LogP contribution in [0.2, 0.25) is 5.02 Å². The SMILES string of the molecule is CC(C)c1nc(C=Cc2cnn(-c3ccc(Cl)cc3)c2)ncc1C(=O)O. The minimum Gasteiger partial charge on any atom is -0.478 e. The number of nitrogens with zero attached hydrogens (tertiary/aromatic N) is 4. The fourth-order valence-corrected chi connectivity index (χ4v) is 2.55. The zero-order valence-electron chi connectivity index (χ0n) is 14.3. The molecule has 0 radical (unpaired) electrons. The van der Waals surface area contributed by atoms with E-state index < -0.39 is 5.97 Å². The molecule has 1 aromatic carbocycles. The smallest absolute Gasteiger partial charge is 0.339 e. The maximum absolute atomic E-state index is 11.3. The zero-order valence-corrected chi connectivity index (χ0v) is 15.1. The normalized spacial score (nSPS) is 11.4. The summed E-state index contributed by atoms with van der Waals surface area (Å²) in [6, 6.07) is 7.37. The molecule has 3 aromatic rings. The van der Waals surface area contributed by atoms with Gasteiger partial charge < -0.3 is 5.11 Å². The van der Waals surface area contributed by atoms with Crippen LogP contribution >= 0.6 is 11.6 Å². The molecule has 0 aliphatic carbocycles. The maximum Gasteiger partial charge on any atom is 0.339 e. The van der Waals surface area contributed by atoms with Gasteiger partial charge in [0.2, 0.25) is 0 Å². The van der Waals surface area contributed by atoms with Crippen molar-refractivity contribution < 1.29 is 9.90 Å². The molecule has 0 atom stereocenters. The standard InChI is InChI=1S/C19H17ClN4O2/c1-12(2)18-16(19(25)26)10-21-17(23-18)8-3-13-9-22-24(11-13)15-6-4-14(20)5-7-15/h3-12H,1-2H3,(H,25,26). The van der Waals surface area contributed by atoms with E-state index >= 15 is 0 Å². The summed E-state index contributed by atoms with van der Waals surface area (Å²) in [5, 5.41) is 14.2. The Morgan fingerprint density at radius 2 is 1.92 bits per heavy atom. The molecule has 0 saturated heterocycles. The summed E-state index contributed by atoms with van der Waals surface area (Å²) in [7, 11) is 0. The van der Waals surface area contributed by atoms with Gasteiger partial charge in [0.05, 0.1) is 23.1 Å². The summed E-state index contributed by atoms with van der Waals surface area (Å²) in [6.45, 7) is 3.80. The number of benzene rings is 1. The molecular formula is C19H17ClN4O2. The lowest BCUT2D eigenvalue weighted by atomic mass is 10.1. The third-order valence-corrected chi connectivity index (χ3v) is 3.98. The van der Waals surface area contributed by atoms with E-state index in [0.717, 1.165) is 11.3 Å². The molecule has 0 aliphatic rings. The minimum atomic E-state index is -1.02. The molecule has 0 aliphatic heterocycles. The number of hydrogen-bond donors (Lipinski definition) is 1. The van der Waals surface area contributed by atoms with Gasteiger partial charge in [0.15, 0.2) is 5.82 Å². The summed E-state index contributed by atoms with van der Waals surface area (Å²) >= 11 is 5.90. The number of aromatic carboxylic acids is 1.